The Morgan fingerprint density at radius 1 is 1.05 bits per heavy atom. The number of nitrogens with zero attached hydrogens (tertiary/aromatic N) is 1. The molecular weight excluding hydrogens is 378 g/mol. The highest BCUT2D eigenvalue weighted by Crippen LogP contribution is 2.26. The quantitative estimate of drug-likeness (QED) is 0.660. The van der Waals surface area contributed by atoms with Gasteiger partial charge in [0.15, 0.2) is 5.70 Å². The number of halogens is 2. The van der Waals surface area contributed by atoms with Gasteiger partial charge in [0.05, 0.1) is 7.05 Å². The molecule has 0 bridgehead atoms. The fraction of sp³-hybridized carbons (Fsp3) is 0.176. The van der Waals surface area contributed by atoms with E-state index >= 15 is 0 Å². The number of quaternary nitrogens is 1. The fourth-order valence-electron chi connectivity index (χ4n) is 2.72. The molecule has 1 aliphatic rings. The molecule has 2 nitrogen and oxygen atoms in total. The molecule has 0 saturated carbocycles. The lowest BCUT2D eigenvalue weighted by atomic mass is 10.0. The number of rotatable bonds is 2. The van der Waals surface area contributed by atoms with Crippen LogP contribution in [0.5, 0.6) is 0 Å². The van der Waals surface area contributed by atoms with Gasteiger partial charge in [0.2, 0.25) is 0 Å². The first kappa shape index (κ1) is 16.1. The Balaban J connectivity index is 0.00000161. The average molecular weight is 396 g/mol. The summed E-state index contributed by atoms with van der Waals surface area (Å²) in [6, 6.07) is 17.2. The van der Waals surface area contributed by atoms with E-state index in [0.717, 1.165) is 5.56 Å². The summed E-state index contributed by atoms with van der Waals surface area (Å²) in [6.07, 6.45) is 2.21. The second-order valence-electron chi connectivity index (χ2n) is 5.14. The van der Waals surface area contributed by atoms with Gasteiger partial charge < -0.3 is 24.0 Å². The summed E-state index contributed by atoms with van der Waals surface area (Å²) >= 11 is 0. The van der Waals surface area contributed by atoms with Crippen molar-refractivity contribution in [2.75, 3.05) is 14.1 Å². The van der Waals surface area contributed by atoms with E-state index in [1.165, 1.54) is 22.3 Å². The molecule has 3 rings (SSSR count). The minimum Gasteiger partial charge on any atom is -1.00 e. The van der Waals surface area contributed by atoms with E-state index in [1.54, 1.807) is 12.1 Å². The smallest absolute Gasteiger partial charge is 0.155 e. The molecule has 0 fully saturated rings. The van der Waals surface area contributed by atoms with Crippen LogP contribution < -0.4 is 29.0 Å². The van der Waals surface area contributed by atoms with Crippen LogP contribution in [-0.4, -0.2) is 19.1 Å². The van der Waals surface area contributed by atoms with Gasteiger partial charge in [-0.3, -0.25) is 0 Å². The van der Waals surface area contributed by atoms with Crippen molar-refractivity contribution in [3.05, 3.63) is 77.6 Å². The van der Waals surface area contributed by atoms with Gasteiger partial charge in [-0.25, -0.2) is 9.40 Å². The predicted octanol–water partition coefficient (Wildman–Crippen LogP) is -0.713. The predicted molar refractivity (Wildman–Crippen MR) is 78.2 cm³/mol. The molecule has 2 atom stereocenters. The summed E-state index contributed by atoms with van der Waals surface area (Å²) in [7, 11) is 4.16. The first-order valence-electron chi connectivity index (χ1n) is 6.76. The van der Waals surface area contributed by atoms with Crippen molar-refractivity contribution in [2.24, 2.45) is 0 Å². The molecule has 0 saturated heterocycles. The Bertz CT molecular complexity index is 642. The van der Waals surface area contributed by atoms with Crippen LogP contribution in [0, 0.1) is 5.82 Å². The molecule has 0 aliphatic carbocycles. The molecule has 2 aromatic carbocycles. The second-order valence-corrected chi connectivity index (χ2v) is 5.14. The summed E-state index contributed by atoms with van der Waals surface area (Å²) in [4.78, 5) is 0. The van der Waals surface area contributed by atoms with Crippen LogP contribution in [0.3, 0.4) is 0 Å². The summed E-state index contributed by atoms with van der Waals surface area (Å²) < 4.78 is 13.4. The van der Waals surface area contributed by atoms with Crippen molar-refractivity contribution in [1.82, 2.24) is 5.01 Å². The molecule has 1 heterocycles. The zero-order valence-electron chi connectivity index (χ0n) is 12.1. The van der Waals surface area contributed by atoms with Crippen molar-refractivity contribution in [3.63, 3.8) is 0 Å². The van der Waals surface area contributed by atoms with Gasteiger partial charge >= 0.3 is 0 Å². The number of hydrogen-bond donors (Lipinski definition) is 1. The van der Waals surface area contributed by atoms with Gasteiger partial charge in [0, 0.05) is 18.7 Å². The zero-order chi connectivity index (χ0) is 14.1. The van der Waals surface area contributed by atoms with Crippen LogP contribution in [0.15, 0.2) is 60.7 Å². The summed E-state index contributed by atoms with van der Waals surface area (Å²) in [5, 5.41) is 3.40. The van der Waals surface area contributed by atoms with Crippen molar-refractivity contribution >= 4 is 5.70 Å². The van der Waals surface area contributed by atoms with Gasteiger partial charge in [-0.1, -0.05) is 30.3 Å². The maximum Gasteiger partial charge on any atom is 0.155 e. The van der Waals surface area contributed by atoms with Crippen LogP contribution in [0.2, 0.25) is 0 Å². The van der Waals surface area contributed by atoms with Gasteiger partial charge in [-0.15, -0.1) is 5.01 Å². The zero-order valence-corrected chi connectivity index (χ0v) is 14.2. The number of hydrogen-bond acceptors (Lipinski definition) is 1. The maximum absolute atomic E-state index is 13.4. The van der Waals surface area contributed by atoms with E-state index in [-0.39, 0.29) is 35.8 Å². The van der Waals surface area contributed by atoms with E-state index in [9.17, 15) is 4.39 Å². The number of likely N-dealkylation sites (N-methyl/N-ethyl adjacent to an activating group) is 1. The SMILES string of the molecule is CN1C(c2cccc(F)c2)C=C(c2ccccc2)[NH+]1C.[I-]. The van der Waals surface area contributed by atoms with Crippen LogP contribution in [0.4, 0.5) is 4.39 Å². The molecule has 2 aromatic rings. The Morgan fingerprint density at radius 3 is 2.43 bits per heavy atom. The molecular formula is C17H18FIN2. The van der Waals surface area contributed by atoms with Crippen LogP contribution in [0.25, 0.3) is 5.70 Å². The van der Waals surface area contributed by atoms with E-state index < -0.39 is 0 Å². The first-order valence-corrected chi connectivity index (χ1v) is 6.76. The Labute approximate surface area is 141 Å². The molecule has 0 radical (unpaired) electrons. The lowest BCUT2D eigenvalue weighted by molar-refractivity contribution is -0.928. The lowest BCUT2D eigenvalue weighted by Crippen LogP contribution is -3.10. The van der Waals surface area contributed by atoms with Crippen molar-refractivity contribution in [2.45, 2.75) is 6.04 Å². The minimum atomic E-state index is -0.185. The second kappa shape index (κ2) is 6.68. The number of benzene rings is 2. The largest absolute Gasteiger partial charge is 1.00 e. The normalized spacial score (nSPS) is 21.8. The highest BCUT2D eigenvalue weighted by atomic mass is 127. The topological polar surface area (TPSA) is 7.68 Å². The highest BCUT2D eigenvalue weighted by molar-refractivity contribution is 5.60. The molecule has 0 spiro atoms. The van der Waals surface area contributed by atoms with E-state index in [4.69, 9.17) is 0 Å². The average Bonchev–Trinajstić information content (AvgIpc) is 2.76. The standard InChI is InChI=1S/C17H17FN2.HI/c1-19-16(13-7-4-3-5-8-13)12-17(20(19)2)14-9-6-10-15(18)11-14;/h3-12,17H,1-2H3;1H. The Hall–Kier alpha value is -1.24. The van der Waals surface area contributed by atoms with Crippen LogP contribution >= 0.6 is 0 Å². The van der Waals surface area contributed by atoms with Crippen LogP contribution in [0.1, 0.15) is 17.2 Å². The third-order valence-electron chi connectivity index (χ3n) is 3.94. The Kier molecular flexibility index (Phi) is 5.13. The van der Waals surface area contributed by atoms with Crippen LogP contribution in [-0.2, 0) is 0 Å². The van der Waals surface area contributed by atoms with Gasteiger partial charge in [-0.05, 0) is 29.8 Å². The van der Waals surface area contributed by atoms with Gasteiger partial charge in [0.25, 0.3) is 0 Å². The maximum atomic E-state index is 13.4. The first-order chi connectivity index (χ1) is 9.66. The van der Waals surface area contributed by atoms with Crippen molar-refractivity contribution in [1.29, 1.82) is 0 Å². The fourth-order valence-corrected chi connectivity index (χ4v) is 2.72. The third-order valence-corrected chi connectivity index (χ3v) is 3.94. The third kappa shape index (κ3) is 3.17. The van der Waals surface area contributed by atoms with Gasteiger partial charge in [-0.2, -0.15) is 0 Å². The highest BCUT2D eigenvalue weighted by Gasteiger charge is 2.33. The lowest BCUT2D eigenvalue weighted by Gasteiger charge is -2.23. The van der Waals surface area contributed by atoms with Crippen molar-refractivity contribution < 1.29 is 33.4 Å². The molecule has 1 aliphatic heterocycles. The summed E-state index contributed by atoms with van der Waals surface area (Å²) in [5.41, 5.74) is 3.41. The molecule has 2 unspecified atom stereocenters. The molecule has 1 N–H and O–H groups in total. The minimum absolute atomic E-state index is 0. The van der Waals surface area contributed by atoms with E-state index in [0.29, 0.717) is 0 Å². The molecule has 0 amide bonds. The molecule has 0 aromatic heterocycles. The molecule has 4 heteroatoms. The van der Waals surface area contributed by atoms with E-state index in [2.05, 4.69) is 37.3 Å². The molecule has 21 heavy (non-hydrogen) atoms. The molecule has 110 valence electrons. The summed E-state index contributed by atoms with van der Waals surface area (Å²) in [5.74, 6) is -0.185. The number of nitrogens with one attached hydrogen (secondary N) is 1. The monoisotopic (exact) mass is 396 g/mol. The van der Waals surface area contributed by atoms with Gasteiger partial charge in [0.1, 0.15) is 11.9 Å². The Morgan fingerprint density at radius 2 is 1.76 bits per heavy atom. The summed E-state index contributed by atoms with van der Waals surface area (Å²) in [6.45, 7) is 0. The van der Waals surface area contributed by atoms with E-state index in [1.807, 2.05) is 24.3 Å². The van der Waals surface area contributed by atoms with Crippen molar-refractivity contribution in [3.8, 4) is 0 Å².